The van der Waals surface area contributed by atoms with E-state index in [-0.39, 0.29) is 6.42 Å². The molecule has 0 saturated heterocycles. The van der Waals surface area contributed by atoms with Crippen LogP contribution in [0.5, 0.6) is 0 Å². The van der Waals surface area contributed by atoms with Crippen LogP contribution in [0.25, 0.3) is 0 Å². The van der Waals surface area contributed by atoms with Gasteiger partial charge in [0.05, 0.1) is 5.16 Å². The first-order valence-electron chi connectivity index (χ1n) is 6.53. The maximum atomic E-state index is 9.09. The molecule has 0 heterocycles. The predicted octanol–water partition coefficient (Wildman–Crippen LogP) is -0.132. The second-order valence-electron chi connectivity index (χ2n) is 4.84. The minimum atomic E-state index is -4.69. The third kappa shape index (κ3) is 8.32. The summed E-state index contributed by atoms with van der Waals surface area (Å²) in [5, 5.41) is -1.55. The van der Waals surface area contributed by atoms with Crippen molar-refractivity contribution in [3.8, 4) is 0 Å². The van der Waals surface area contributed by atoms with Crippen molar-refractivity contribution >= 4 is 17.6 Å². The van der Waals surface area contributed by atoms with Gasteiger partial charge in [0, 0.05) is 0 Å². The molecule has 0 aromatic rings. The van der Waals surface area contributed by atoms with Crippen molar-refractivity contribution in [2.75, 3.05) is 0 Å². The maximum absolute atomic E-state index is 9.09. The molecule has 0 radical (unpaired) electrons. The number of hydrogen-bond donors (Lipinski definition) is 6. The van der Waals surface area contributed by atoms with Crippen molar-refractivity contribution < 1.29 is 28.8 Å². The smallest absolute Gasteiger partial charge is 0.390 e. The highest BCUT2D eigenvalue weighted by molar-refractivity contribution is 6.78. The second kappa shape index (κ2) is 8.38. The van der Waals surface area contributed by atoms with Crippen LogP contribution in [0.15, 0.2) is 0 Å². The molecule has 0 aliphatic rings. The fourth-order valence-corrected chi connectivity index (χ4v) is 5.21. The van der Waals surface area contributed by atoms with E-state index in [9.17, 15) is 0 Å². The molecule has 0 saturated carbocycles. The van der Waals surface area contributed by atoms with Gasteiger partial charge in [-0.2, -0.15) is 0 Å². The molecule has 0 atom stereocenters. The first kappa shape index (κ1) is 18.2. The van der Waals surface area contributed by atoms with Crippen LogP contribution in [0.1, 0.15) is 58.3 Å². The van der Waals surface area contributed by atoms with Crippen LogP contribution >= 0.6 is 0 Å². The minimum absolute atomic E-state index is 0.0270. The topological polar surface area (TPSA) is 121 Å². The Labute approximate surface area is 110 Å². The maximum Gasteiger partial charge on any atom is 0.500 e. The lowest BCUT2D eigenvalue weighted by molar-refractivity contribution is 0.171. The Morgan fingerprint density at radius 2 is 1.06 bits per heavy atom. The molecule has 0 fully saturated rings. The van der Waals surface area contributed by atoms with Crippen LogP contribution in [0, 0.1) is 0 Å². The third-order valence-electron chi connectivity index (χ3n) is 3.03. The Morgan fingerprint density at radius 1 is 0.667 bits per heavy atom. The summed E-state index contributed by atoms with van der Waals surface area (Å²) in [5.74, 6) is 0. The highest BCUT2D eigenvalue weighted by Crippen LogP contribution is 2.28. The van der Waals surface area contributed by atoms with Crippen molar-refractivity contribution in [3.05, 3.63) is 0 Å². The van der Waals surface area contributed by atoms with Gasteiger partial charge >= 0.3 is 17.6 Å². The van der Waals surface area contributed by atoms with Gasteiger partial charge in [0.2, 0.25) is 0 Å². The zero-order valence-corrected chi connectivity index (χ0v) is 12.9. The SMILES string of the molecule is CCCCCCCCCC([Si](O)(O)O)[Si](O)(O)O. The molecule has 8 heteroatoms. The van der Waals surface area contributed by atoms with Crippen LogP contribution in [0.4, 0.5) is 0 Å². The normalized spacial score (nSPS) is 13.3. The lowest BCUT2D eigenvalue weighted by Crippen LogP contribution is -2.56. The van der Waals surface area contributed by atoms with E-state index in [1.165, 1.54) is 12.8 Å². The molecular formula is C10H26O6Si2. The van der Waals surface area contributed by atoms with E-state index in [4.69, 9.17) is 28.8 Å². The zero-order chi connectivity index (χ0) is 14.2. The first-order valence-corrected chi connectivity index (χ1v) is 10.4. The van der Waals surface area contributed by atoms with Gasteiger partial charge in [0.15, 0.2) is 0 Å². The van der Waals surface area contributed by atoms with E-state index >= 15 is 0 Å². The summed E-state index contributed by atoms with van der Waals surface area (Å²) in [7, 11) is -9.38. The molecular weight excluding hydrogens is 272 g/mol. The summed E-state index contributed by atoms with van der Waals surface area (Å²) in [4.78, 5) is 54.5. The monoisotopic (exact) mass is 298 g/mol. The molecule has 0 unspecified atom stereocenters. The zero-order valence-electron chi connectivity index (χ0n) is 10.9. The lowest BCUT2D eigenvalue weighted by atomic mass is 10.1. The number of unbranched alkanes of at least 4 members (excludes halogenated alkanes) is 6. The lowest BCUT2D eigenvalue weighted by Gasteiger charge is -2.26. The van der Waals surface area contributed by atoms with E-state index in [2.05, 4.69) is 6.92 Å². The minimum Gasteiger partial charge on any atom is -0.390 e. The van der Waals surface area contributed by atoms with Crippen LogP contribution in [-0.2, 0) is 0 Å². The highest BCUT2D eigenvalue weighted by Gasteiger charge is 2.55. The predicted molar refractivity (Wildman–Crippen MR) is 71.2 cm³/mol. The molecule has 110 valence electrons. The molecule has 0 bridgehead atoms. The average molecular weight is 298 g/mol. The largest absolute Gasteiger partial charge is 0.500 e. The fourth-order valence-electron chi connectivity index (χ4n) is 1.95. The van der Waals surface area contributed by atoms with E-state index in [1.807, 2.05) is 0 Å². The van der Waals surface area contributed by atoms with E-state index in [0.717, 1.165) is 25.7 Å². The van der Waals surface area contributed by atoms with E-state index in [0.29, 0.717) is 6.42 Å². The second-order valence-corrected chi connectivity index (χ2v) is 9.56. The van der Waals surface area contributed by atoms with Gasteiger partial charge in [-0.1, -0.05) is 51.9 Å². The van der Waals surface area contributed by atoms with Gasteiger partial charge in [-0.25, -0.2) is 0 Å². The Bertz CT molecular complexity index is 199. The molecule has 6 N–H and O–H groups in total. The molecule has 18 heavy (non-hydrogen) atoms. The average Bonchev–Trinajstić information content (AvgIpc) is 2.18. The molecule has 0 spiro atoms. The molecule has 0 aliphatic heterocycles. The highest BCUT2D eigenvalue weighted by atomic mass is 28.5. The Balaban J connectivity index is 3.86. The molecule has 0 amide bonds. The number of hydrogen-bond acceptors (Lipinski definition) is 6. The van der Waals surface area contributed by atoms with Gasteiger partial charge in [-0.15, -0.1) is 0 Å². The van der Waals surface area contributed by atoms with Crippen molar-refractivity contribution in [1.82, 2.24) is 0 Å². The van der Waals surface area contributed by atoms with Gasteiger partial charge < -0.3 is 28.8 Å². The van der Waals surface area contributed by atoms with Crippen LogP contribution in [0.3, 0.4) is 0 Å². The molecule has 0 rings (SSSR count). The molecule has 0 aromatic carbocycles. The van der Waals surface area contributed by atoms with Crippen LogP contribution < -0.4 is 0 Å². The Kier molecular flexibility index (Phi) is 8.47. The molecule has 0 aliphatic carbocycles. The summed E-state index contributed by atoms with van der Waals surface area (Å²) in [6.07, 6.45) is 6.99. The van der Waals surface area contributed by atoms with Crippen molar-refractivity contribution in [2.24, 2.45) is 0 Å². The molecule has 0 aromatic heterocycles. The van der Waals surface area contributed by atoms with Gasteiger partial charge in [-0.3, -0.25) is 0 Å². The molecule has 6 nitrogen and oxygen atoms in total. The Morgan fingerprint density at radius 3 is 1.44 bits per heavy atom. The number of rotatable bonds is 10. The fraction of sp³-hybridized carbons (Fsp3) is 1.00. The van der Waals surface area contributed by atoms with Crippen molar-refractivity contribution in [1.29, 1.82) is 0 Å². The first-order chi connectivity index (χ1) is 8.19. The quantitative estimate of drug-likeness (QED) is 0.247. The summed E-state index contributed by atoms with van der Waals surface area (Å²) in [6.45, 7) is 2.13. The Hall–Kier alpha value is 0.194. The summed E-state index contributed by atoms with van der Waals surface area (Å²) >= 11 is 0. The van der Waals surface area contributed by atoms with Gasteiger partial charge in [0.25, 0.3) is 0 Å². The van der Waals surface area contributed by atoms with E-state index in [1.54, 1.807) is 0 Å². The third-order valence-corrected chi connectivity index (χ3v) is 7.80. The van der Waals surface area contributed by atoms with Crippen molar-refractivity contribution in [2.45, 2.75) is 63.5 Å². The van der Waals surface area contributed by atoms with Crippen LogP contribution in [-0.4, -0.2) is 46.4 Å². The summed E-state index contributed by atoms with van der Waals surface area (Å²) in [5.41, 5.74) is 0. The van der Waals surface area contributed by atoms with Crippen LogP contribution in [0.2, 0.25) is 5.16 Å². The summed E-state index contributed by atoms with van der Waals surface area (Å²) in [6, 6.07) is 0. The van der Waals surface area contributed by atoms with Crippen molar-refractivity contribution in [3.63, 3.8) is 0 Å². The summed E-state index contributed by atoms with van der Waals surface area (Å²) < 4.78 is 0. The van der Waals surface area contributed by atoms with Gasteiger partial charge in [0.1, 0.15) is 0 Å². The van der Waals surface area contributed by atoms with Gasteiger partial charge in [-0.05, 0) is 6.42 Å². The van der Waals surface area contributed by atoms with E-state index < -0.39 is 22.8 Å². The standard InChI is InChI=1S/C10H26O6Si2/c1-2-3-4-5-6-7-8-9-10(17(11,12)13)18(14,15)16/h10-16H,2-9H2,1H3.